The van der Waals surface area contributed by atoms with Gasteiger partial charge in [0.2, 0.25) is 0 Å². The van der Waals surface area contributed by atoms with Gasteiger partial charge in [-0.3, -0.25) is 5.01 Å². The SMILES string of the molecule is CCCN1N=CN(Cl)C1CC(C)(C)C. The van der Waals surface area contributed by atoms with Gasteiger partial charge in [-0.25, -0.2) is 4.42 Å². The topological polar surface area (TPSA) is 18.8 Å². The minimum atomic E-state index is 0.219. The fraction of sp³-hybridized carbons (Fsp3) is 0.900. The zero-order valence-electron chi connectivity index (χ0n) is 9.50. The van der Waals surface area contributed by atoms with Gasteiger partial charge in [-0.05, 0) is 18.3 Å². The lowest BCUT2D eigenvalue weighted by Gasteiger charge is -2.31. The van der Waals surface area contributed by atoms with Gasteiger partial charge < -0.3 is 0 Å². The van der Waals surface area contributed by atoms with Crippen LogP contribution in [0.15, 0.2) is 5.10 Å². The monoisotopic (exact) mass is 217 g/mol. The van der Waals surface area contributed by atoms with Gasteiger partial charge in [-0.15, -0.1) is 0 Å². The number of hydrogen-bond donors (Lipinski definition) is 0. The van der Waals surface area contributed by atoms with E-state index in [1.54, 1.807) is 10.8 Å². The van der Waals surface area contributed by atoms with E-state index in [9.17, 15) is 0 Å². The molecule has 0 N–H and O–H groups in total. The lowest BCUT2D eigenvalue weighted by atomic mass is 9.90. The van der Waals surface area contributed by atoms with E-state index >= 15 is 0 Å². The quantitative estimate of drug-likeness (QED) is 0.677. The summed E-state index contributed by atoms with van der Waals surface area (Å²) in [6.07, 6.45) is 4.05. The second-order valence-electron chi connectivity index (χ2n) is 4.98. The molecular weight excluding hydrogens is 198 g/mol. The minimum absolute atomic E-state index is 0.219. The lowest BCUT2D eigenvalue weighted by Crippen LogP contribution is -2.38. The first-order valence-electron chi connectivity index (χ1n) is 5.19. The van der Waals surface area contributed by atoms with Gasteiger partial charge >= 0.3 is 0 Å². The van der Waals surface area contributed by atoms with Crippen LogP contribution in [0, 0.1) is 5.41 Å². The Morgan fingerprint density at radius 2 is 2.07 bits per heavy atom. The molecule has 14 heavy (non-hydrogen) atoms. The van der Waals surface area contributed by atoms with E-state index in [1.165, 1.54) is 0 Å². The molecule has 0 fully saturated rings. The second kappa shape index (κ2) is 4.39. The molecule has 0 aliphatic carbocycles. The molecule has 0 radical (unpaired) electrons. The van der Waals surface area contributed by atoms with Crippen molar-refractivity contribution in [3.63, 3.8) is 0 Å². The first kappa shape index (κ1) is 11.6. The summed E-state index contributed by atoms with van der Waals surface area (Å²) >= 11 is 6.06. The average Bonchev–Trinajstić information content (AvgIpc) is 2.34. The molecule has 3 nitrogen and oxygen atoms in total. The van der Waals surface area contributed by atoms with E-state index < -0.39 is 0 Å². The van der Waals surface area contributed by atoms with Gasteiger partial charge in [0.25, 0.3) is 0 Å². The molecule has 1 aliphatic heterocycles. The largest absolute Gasteiger partial charge is 0.272 e. The maximum absolute atomic E-state index is 6.06. The molecule has 1 aliphatic rings. The summed E-state index contributed by atoms with van der Waals surface area (Å²) in [5.74, 6) is 0. The zero-order chi connectivity index (χ0) is 10.8. The van der Waals surface area contributed by atoms with E-state index in [2.05, 4.69) is 37.8 Å². The Labute approximate surface area is 91.8 Å². The molecule has 0 saturated carbocycles. The second-order valence-corrected chi connectivity index (χ2v) is 5.37. The molecule has 0 aromatic carbocycles. The fourth-order valence-electron chi connectivity index (χ4n) is 1.57. The molecule has 0 aromatic rings. The van der Waals surface area contributed by atoms with Crippen molar-refractivity contribution >= 4 is 18.1 Å². The van der Waals surface area contributed by atoms with E-state index in [1.807, 2.05) is 0 Å². The van der Waals surface area contributed by atoms with Crippen LogP contribution >= 0.6 is 11.8 Å². The third-order valence-electron chi connectivity index (χ3n) is 2.19. The molecule has 82 valence electrons. The summed E-state index contributed by atoms with van der Waals surface area (Å²) in [5, 5.41) is 6.34. The van der Waals surface area contributed by atoms with Crippen molar-refractivity contribution in [2.75, 3.05) is 6.54 Å². The van der Waals surface area contributed by atoms with Gasteiger partial charge in [0.15, 0.2) is 0 Å². The number of halogens is 1. The molecule has 1 heterocycles. The summed E-state index contributed by atoms with van der Waals surface area (Å²) in [7, 11) is 0. The highest BCUT2D eigenvalue weighted by molar-refractivity contribution is 6.19. The highest BCUT2D eigenvalue weighted by Crippen LogP contribution is 2.28. The van der Waals surface area contributed by atoms with Gasteiger partial charge in [0, 0.05) is 18.3 Å². The van der Waals surface area contributed by atoms with Crippen molar-refractivity contribution in [1.82, 2.24) is 9.43 Å². The average molecular weight is 218 g/mol. The molecule has 0 amide bonds. The van der Waals surface area contributed by atoms with Crippen molar-refractivity contribution in [3.8, 4) is 0 Å². The molecule has 1 unspecified atom stereocenters. The lowest BCUT2D eigenvalue weighted by molar-refractivity contribution is 0.125. The highest BCUT2D eigenvalue weighted by Gasteiger charge is 2.30. The van der Waals surface area contributed by atoms with Crippen LogP contribution in [-0.4, -0.2) is 28.5 Å². The van der Waals surface area contributed by atoms with Crippen LogP contribution in [0.2, 0.25) is 0 Å². The third kappa shape index (κ3) is 3.05. The van der Waals surface area contributed by atoms with Gasteiger partial charge in [-0.1, -0.05) is 27.7 Å². The van der Waals surface area contributed by atoms with Crippen molar-refractivity contribution in [2.24, 2.45) is 10.5 Å². The maximum atomic E-state index is 6.06. The van der Waals surface area contributed by atoms with Crippen LogP contribution in [0.5, 0.6) is 0 Å². The predicted octanol–water partition coefficient (Wildman–Crippen LogP) is 2.87. The molecule has 0 saturated heterocycles. The summed E-state index contributed by atoms with van der Waals surface area (Å²) in [5.41, 5.74) is 0.275. The van der Waals surface area contributed by atoms with Crippen LogP contribution in [0.25, 0.3) is 0 Å². The Balaban J connectivity index is 2.56. The molecule has 1 atom stereocenters. The van der Waals surface area contributed by atoms with E-state index in [0.717, 1.165) is 19.4 Å². The molecular formula is C10H20ClN3. The molecule has 1 rings (SSSR count). The fourth-order valence-corrected chi connectivity index (χ4v) is 1.78. The van der Waals surface area contributed by atoms with Crippen LogP contribution in [0.1, 0.15) is 40.5 Å². The van der Waals surface area contributed by atoms with E-state index in [0.29, 0.717) is 0 Å². The van der Waals surface area contributed by atoms with E-state index in [4.69, 9.17) is 11.8 Å². The summed E-state index contributed by atoms with van der Waals surface area (Å²) in [6.45, 7) is 9.79. The van der Waals surface area contributed by atoms with E-state index in [-0.39, 0.29) is 11.6 Å². The number of nitrogens with zero attached hydrogens (tertiary/aromatic N) is 3. The molecule has 0 spiro atoms. The Morgan fingerprint density at radius 3 is 2.57 bits per heavy atom. The van der Waals surface area contributed by atoms with Gasteiger partial charge in [0.05, 0.1) is 0 Å². The van der Waals surface area contributed by atoms with Gasteiger partial charge in [-0.2, -0.15) is 5.10 Å². The molecule has 4 heteroatoms. The van der Waals surface area contributed by atoms with Crippen molar-refractivity contribution in [2.45, 2.75) is 46.7 Å². The zero-order valence-corrected chi connectivity index (χ0v) is 10.3. The van der Waals surface area contributed by atoms with Gasteiger partial charge in [0.1, 0.15) is 12.5 Å². The maximum Gasteiger partial charge on any atom is 0.135 e. The Morgan fingerprint density at radius 1 is 1.43 bits per heavy atom. The highest BCUT2D eigenvalue weighted by atomic mass is 35.5. The summed E-state index contributed by atoms with van der Waals surface area (Å²) < 4.78 is 1.68. The van der Waals surface area contributed by atoms with Crippen LogP contribution in [0.3, 0.4) is 0 Å². The van der Waals surface area contributed by atoms with Crippen LogP contribution in [-0.2, 0) is 0 Å². The van der Waals surface area contributed by atoms with Crippen molar-refractivity contribution < 1.29 is 0 Å². The number of rotatable bonds is 3. The van der Waals surface area contributed by atoms with Crippen LogP contribution < -0.4 is 0 Å². The summed E-state index contributed by atoms with van der Waals surface area (Å²) in [4.78, 5) is 0. The third-order valence-corrected chi connectivity index (χ3v) is 2.50. The van der Waals surface area contributed by atoms with Crippen molar-refractivity contribution in [1.29, 1.82) is 0 Å². The molecule has 0 bridgehead atoms. The normalized spacial score (nSPS) is 22.2. The predicted molar refractivity (Wildman–Crippen MR) is 61.0 cm³/mol. The standard InChI is InChI=1S/C10H20ClN3/c1-5-6-14-9(7-10(2,3)4)13(11)8-12-14/h8-9H,5-7H2,1-4H3. The van der Waals surface area contributed by atoms with Crippen LogP contribution in [0.4, 0.5) is 0 Å². The van der Waals surface area contributed by atoms with Crippen molar-refractivity contribution in [3.05, 3.63) is 0 Å². The first-order valence-corrected chi connectivity index (χ1v) is 5.53. The number of hydrogen-bond acceptors (Lipinski definition) is 3. The Kier molecular flexibility index (Phi) is 3.65. The minimum Gasteiger partial charge on any atom is -0.272 e. The number of hydrazone groups is 1. The summed E-state index contributed by atoms with van der Waals surface area (Å²) in [6, 6.07) is 0. The molecule has 0 aromatic heterocycles. The Bertz CT molecular complexity index is 210. The smallest absolute Gasteiger partial charge is 0.135 e. The Hall–Kier alpha value is -0.440. The first-order chi connectivity index (χ1) is 6.44.